The molecule has 6 nitrogen and oxygen atoms in total. The van der Waals surface area contributed by atoms with Crippen molar-refractivity contribution < 1.29 is 14.5 Å². The number of rotatable bonds is 5. The lowest BCUT2D eigenvalue weighted by Gasteiger charge is -2.06. The molecule has 0 aliphatic heterocycles. The Morgan fingerprint density at radius 2 is 2.26 bits per heavy atom. The Balaban J connectivity index is 3.22. The third kappa shape index (κ3) is 3.76. The number of nitro groups is 1. The molecule has 1 rings (SSSR count). The van der Waals surface area contributed by atoms with Crippen LogP contribution in [0.1, 0.15) is 23.6 Å². The van der Waals surface area contributed by atoms with E-state index in [9.17, 15) is 14.9 Å². The van der Waals surface area contributed by atoms with Gasteiger partial charge < -0.3 is 4.74 Å². The molecule has 1 aromatic rings. The Labute approximate surface area is 118 Å². The molecule has 0 N–H and O–H groups in total. The molecule has 7 heteroatoms. The van der Waals surface area contributed by atoms with Gasteiger partial charge in [0.15, 0.2) is 0 Å². The summed E-state index contributed by atoms with van der Waals surface area (Å²) in [6, 6.07) is 4.65. The van der Waals surface area contributed by atoms with E-state index in [2.05, 4.69) is 15.9 Å². The number of esters is 1. The van der Waals surface area contributed by atoms with Crippen molar-refractivity contribution in [2.45, 2.75) is 18.7 Å². The van der Waals surface area contributed by atoms with Gasteiger partial charge in [-0.05, 0) is 18.1 Å². The van der Waals surface area contributed by atoms with Gasteiger partial charge in [-0.2, -0.15) is 5.26 Å². The maximum absolute atomic E-state index is 11.4. The second-order valence-corrected chi connectivity index (χ2v) is 4.19. The van der Waals surface area contributed by atoms with E-state index in [1.807, 2.05) is 6.07 Å². The van der Waals surface area contributed by atoms with Crippen LogP contribution in [0.15, 0.2) is 12.1 Å². The first kappa shape index (κ1) is 15.1. The number of carbonyl (C=O) groups excluding carboxylic acids is 1. The predicted octanol–water partition coefficient (Wildman–Crippen LogP) is 2.47. The Morgan fingerprint density at radius 1 is 1.58 bits per heavy atom. The molecular weight excluding hydrogens is 316 g/mol. The number of hydrogen-bond acceptors (Lipinski definition) is 5. The maximum atomic E-state index is 11.4. The Bertz CT molecular complexity index is 551. The lowest BCUT2D eigenvalue weighted by atomic mass is 10.0. The van der Waals surface area contributed by atoms with Gasteiger partial charge in [0.2, 0.25) is 0 Å². The van der Waals surface area contributed by atoms with Gasteiger partial charge >= 0.3 is 5.97 Å². The summed E-state index contributed by atoms with van der Waals surface area (Å²) >= 11 is 3.17. The monoisotopic (exact) mass is 326 g/mol. The number of ether oxygens (including phenoxy) is 1. The lowest BCUT2D eigenvalue weighted by molar-refractivity contribution is -0.385. The molecule has 0 heterocycles. The van der Waals surface area contributed by atoms with Crippen LogP contribution in [0.2, 0.25) is 0 Å². The highest BCUT2D eigenvalue weighted by atomic mass is 79.9. The minimum Gasteiger partial charge on any atom is -0.466 e. The van der Waals surface area contributed by atoms with Crippen LogP contribution in [0.4, 0.5) is 5.69 Å². The van der Waals surface area contributed by atoms with E-state index in [1.54, 1.807) is 13.0 Å². The smallest absolute Gasteiger partial charge is 0.310 e. The van der Waals surface area contributed by atoms with E-state index in [1.165, 1.54) is 6.07 Å². The van der Waals surface area contributed by atoms with Crippen LogP contribution in [-0.2, 0) is 21.3 Å². The molecule has 0 aliphatic rings. The first-order chi connectivity index (χ1) is 9.03. The third-order valence-corrected chi connectivity index (χ3v) is 2.97. The van der Waals surface area contributed by atoms with Gasteiger partial charge in [-0.3, -0.25) is 14.9 Å². The van der Waals surface area contributed by atoms with Crippen molar-refractivity contribution in [3.63, 3.8) is 0 Å². The minimum absolute atomic E-state index is 0.00878. The summed E-state index contributed by atoms with van der Waals surface area (Å²) < 4.78 is 4.79. The SMILES string of the molecule is CCOC(=O)Cc1cc(CBr)c(C#N)c([N+](=O)[O-])c1. The molecule has 0 radical (unpaired) electrons. The zero-order valence-corrected chi connectivity index (χ0v) is 11.8. The van der Waals surface area contributed by atoms with Gasteiger partial charge in [0.25, 0.3) is 5.69 Å². The number of nitrogens with zero attached hydrogens (tertiary/aromatic N) is 2. The van der Waals surface area contributed by atoms with Crippen molar-refractivity contribution >= 4 is 27.6 Å². The molecule has 0 spiro atoms. The fourth-order valence-electron chi connectivity index (χ4n) is 1.61. The fraction of sp³-hybridized carbons (Fsp3) is 0.333. The Kier molecular flexibility index (Phi) is 5.45. The van der Waals surface area contributed by atoms with Crippen molar-refractivity contribution in [1.29, 1.82) is 5.26 Å². The number of alkyl halides is 1. The van der Waals surface area contributed by atoms with E-state index in [4.69, 9.17) is 10.00 Å². The second kappa shape index (κ2) is 6.85. The van der Waals surface area contributed by atoms with Crippen LogP contribution in [0.3, 0.4) is 0 Å². The molecule has 0 atom stereocenters. The fourth-order valence-corrected chi connectivity index (χ4v) is 2.05. The molecule has 0 saturated carbocycles. The van der Waals surface area contributed by atoms with E-state index in [0.29, 0.717) is 16.5 Å². The van der Waals surface area contributed by atoms with E-state index >= 15 is 0 Å². The highest BCUT2D eigenvalue weighted by Crippen LogP contribution is 2.26. The van der Waals surface area contributed by atoms with E-state index in [-0.39, 0.29) is 24.3 Å². The molecule has 0 aromatic heterocycles. The Morgan fingerprint density at radius 3 is 2.74 bits per heavy atom. The molecule has 0 unspecified atom stereocenters. The molecular formula is C12H11BrN2O4. The van der Waals surface area contributed by atoms with Gasteiger partial charge in [0.1, 0.15) is 11.6 Å². The van der Waals surface area contributed by atoms with E-state index < -0.39 is 10.9 Å². The summed E-state index contributed by atoms with van der Waals surface area (Å²) in [6.07, 6.45) is -0.0552. The number of nitro benzene ring substituents is 1. The van der Waals surface area contributed by atoms with Gasteiger partial charge in [-0.1, -0.05) is 22.0 Å². The third-order valence-electron chi connectivity index (χ3n) is 2.37. The van der Waals surface area contributed by atoms with Gasteiger partial charge in [-0.25, -0.2) is 0 Å². The molecule has 0 amide bonds. The summed E-state index contributed by atoms with van der Waals surface area (Å²) in [4.78, 5) is 21.7. The van der Waals surface area contributed by atoms with E-state index in [0.717, 1.165) is 0 Å². The normalized spacial score (nSPS) is 9.74. The Hall–Kier alpha value is -1.94. The summed E-state index contributed by atoms with van der Waals surface area (Å²) in [7, 11) is 0. The largest absolute Gasteiger partial charge is 0.466 e. The summed E-state index contributed by atoms with van der Waals surface area (Å²) in [5.74, 6) is -0.456. The molecule has 0 fully saturated rings. The molecule has 0 aliphatic carbocycles. The zero-order valence-electron chi connectivity index (χ0n) is 10.2. The average Bonchev–Trinajstić information content (AvgIpc) is 2.37. The standard InChI is InChI=1S/C12H11BrN2O4/c1-2-19-12(16)5-8-3-9(6-13)10(7-14)11(4-8)15(17)18/h3-4H,2,5-6H2,1H3. The number of hydrogen-bond donors (Lipinski definition) is 0. The minimum atomic E-state index is -0.626. The summed E-state index contributed by atoms with van der Waals surface area (Å²) in [5, 5.41) is 20.2. The first-order valence-corrected chi connectivity index (χ1v) is 6.57. The predicted molar refractivity (Wildman–Crippen MR) is 70.8 cm³/mol. The molecule has 19 heavy (non-hydrogen) atoms. The number of nitriles is 1. The summed E-state index contributed by atoms with van der Waals surface area (Å²) in [6.45, 7) is 1.94. The van der Waals surface area contributed by atoms with Crippen molar-refractivity contribution in [3.8, 4) is 6.07 Å². The van der Waals surface area contributed by atoms with Crippen LogP contribution >= 0.6 is 15.9 Å². The van der Waals surface area contributed by atoms with Crippen molar-refractivity contribution in [3.05, 3.63) is 38.9 Å². The molecule has 1 aromatic carbocycles. The number of benzene rings is 1. The van der Waals surface area contributed by atoms with Crippen molar-refractivity contribution in [1.82, 2.24) is 0 Å². The second-order valence-electron chi connectivity index (χ2n) is 3.63. The van der Waals surface area contributed by atoms with Gasteiger partial charge in [0.05, 0.1) is 18.0 Å². The molecule has 100 valence electrons. The molecule has 0 bridgehead atoms. The van der Waals surface area contributed by atoms with Gasteiger partial charge in [0, 0.05) is 11.4 Å². The number of halogens is 1. The maximum Gasteiger partial charge on any atom is 0.310 e. The van der Waals surface area contributed by atoms with Crippen molar-refractivity contribution in [2.75, 3.05) is 6.61 Å². The average molecular weight is 327 g/mol. The lowest BCUT2D eigenvalue weighted by Crippen LogP contribution is -2.09. The topological polar surface area (TPSA) is 93.2 Å². The number of carbonyl (C=O) groups is 1. The van der Waals surface area contributed by atoms with Crippen LogP contribution in [-0.4, -0.2) is 17.5 Å². The van der Waals surface area contributed by atoms with Crippen LogP contribution in [0, 0.1) is 21.4 Å². The van der Waals surface area contributed by atoms with Crippen LogP contribution in [0.25, 0.3) is 0 Å². The quantitative estimate of drug-likeness (QED) is 0.358. The summed E-state index contributed by atoms with van der Waals surface area (Å²) in [5.41, 5.74) is 0.655. The first-order valence-electron chi connectivity index (χ1n) is 5.45. The molecule has 0 saturated heterocycles. The highest BCUT2D eigenvalue weighted by molar-refractivity contribution is 9.08. The zero-order chi connectivity index (χ0) is 14.4. The van der Waals surface area contributed by atoms with Crippen molar-refractivity contribution in [2.24, 2.45) is 0 Å². The highest BCUT2D eigenvalue weighted by Gasteiger charge is 2.20. The van der Waals surface area contributed by atoms with Crippen LogP contribution < -0.4 is 0 Å². The van der Waals surface area contributed by atoms with Crippen LogP contribution in [0.5, 0.6) is 0 Å². The van der Waals surface area contributed by atoms with Gasteiger partial charge in [-0.15, -0.1) is 0 Å².